The van der Waals surface area contributed by atoms with Gasteiger partial charge in [-0.05, 0) is 25.6 Å². The Bertz CT molecular complexity index is 1090. The molecular weight excluding hydrogens is 438 g/mol. The number of allylic oxidation sites excluding steroid dienone is 2. The highest BCUT2D eigenvalue weighted by molar-refractivity contribution is 6.49. The third kappa shape index (κ3) is 5.41. The van der Waals surface area contributed by atoms with Crippen molar-refractivity contribution in [3.63, 3.8) is 0 Å². The van der Waals surface area contributed by atoms with E-state index in [0.29, 0.717) is 29.7 Å². The molecule has 2 aliphatic rings. The number of hydrogen-bond acceptors (Lipinski definition) is 6. The summed E-state index contributed by atoms with van der Waals surface area (Å²) in [5, 5.41) is 2.92. The van der Waals surface area contributed by atoms with Gasteiger partial charge in [-0.3, -0.25) is 14.4 Å². The molecule has 0 unspecified atom stereocenters. The van der Waals surface area contributed by atoms with Crippen LogP contribution in [0.25, 0.3) is 0 Å². The standard InChI is InChI=1S/C26H28ClN3O3/c1-29-13-15-30(16-14-29)12-4-7-22(31)19-10-8-18(9-11-19)17-28-24-23(27)25(32)20-5-2-3-6-21(20)26(24)33/h2-3,5-6,8-11,28H,4,7,12-17H2,1H3. The lowest BCUT2D eigenvalue weighted by atomic mass is 9.92. The van der Waals surface area contributed by atoms with E-state index < -0.39 is 0 Å². The van der Waals surface area contributed by atoms with Crippen molar-refractivity contribution >= 4 is 29.0 Å². The zero-order chi connectivity index (χ0) is 23.4. The molecule has 172 valence electrons. The zero-order valence-corrected chi connectivity index (χ0v) is 19.5. The summed E-state index contributed by atoms with van der Waals surface area (Å²) < 4.78 is 0. The van der Waals surface area contributed by atoms with Gasteiger partial charge in [0.05, 0.1) is 0 Å². The minimum absolute atomic E-state index is 0.0918. The van der Waals surface area contributed by atoms with Crippen LogP contribution in [0.3, 0.4) is 0 Å². The molecule has 1 heterocycles. The highest BCUT2D eigenvalue weighted by atomic mass is 35.5. The molecule has 7 heteroatoms. The summed E-state index contributed by atoms with van der Waals surface area (Å²) in [6.07, 6.45) is 1.39. The monoisotopic (exact) mass is 465 g/mol. The minimum Gasteiger partial charge on any atom is -0.376 e. The number of likely N-dealkylation sites (N-methyl/N-ethyl adjacent to an activating group) is 1. The smallest absolute Gasteiger partial charge is 0.211 e. The molecule has 1 aliphatic carbocycles. The van der Waals surface area contributed by atoms with Crippen molar-refractivity contribution in [2.75, 3.05) is 39.8 Å². The fraction of sp³-hybridized carbons (Fsp3) is 0.346. The SMILES string of the molecule is CN1CCN(CCCC(=O)c2ccc(CNC3=C(Cl)C(=O)c4ccccc4C3=O)cc2)CC1. The summed E-state index contributed by atoms with van der Waals surface area (Å²) in [5.74, 6) is -0.506. The van der Waals surface area contributed by atoms with E-state index in [1.807, 2.05) is 24.3 Å². The van der Waals surface area contributed by atoms with Crippen molar-refractivity contribution in [2.24, 2.45) is 0 Å². The van der Waals surface area contributed by atoms with Crippen LogP contribution in [0.2, 0.25) is 0 Å². The lowest BCUT2D eigenvalue weighted by Gasteiger charge is -2.32. The first-order valence-corrected chi connectivity index (χ1v) is 11.7. The molecule has 1 saturated heterocycles. The predicted molar refractivity (Wildman–Crippen MR) is 129 cm³/mol. The van der Waals surface area contributed by atoms with Gasteiger partial charge < -0.3 is 15.1 Å². The lowest BCUT2D eigenvalue weighted by Crippen LogP contribution is -2.44. The summed E-state index contributed by atoms with van der Waals surface area (Å²) in [5.41, 5.74) is 2.37. The minimum atomic E-state index is -0.355. The third-order valence-electron chi connectivity index (χ3n) is 6.28. The van der Waals surface area contributed by atoms with Crippen LogP contribution >= 0.6 is 11.6 Å². The number of Topliss-reactive ketones (excluding diaryl/α,β-unsaturated/α-hetero) is 3. The summed E-state index contributed by atoms with van der Waals surface area (Å²) in [4.78, 5) is 42.5. The van der Waals surface area contributed by atoms with Gasteiger partial charge in [-0.15, -0.1) is 0 Å². The van der Waals surface area contributed by atoms with Gasteiger partial charge in [-0.2, -0.15) is 0 Å². The molecule has 0 bridgehead atoms. The molecular formula is C26H28ClN3O3. The fourth-order valence-electron chi connectivity index (χ4n) is 4.18. The number of nitrogens with one attached hydrogen (secondary N) is 1. The number of carbonyl (C=O) groups is 3. The van der Waals surface area contributed by atoms with E-state index in [4.69, 9.17) is 11.6 Å². The molecule has 1 N–H and O–H groups in total. The van der Waals surface area contributed by atoms with Gasteiger partial charge in [0.15, 0.2) is 5.78 Å². The maximum absolute atomic E-state index is 12.8. The number of hydrogen-bond donors (Lipinski definition) is 1. The average Bonchev–Trinajstić information content (AvgIpc) is 2.84. The van der Waals surface area contributed by atoms with Gasteiger partial charge in [0.2, 0.25) is 11.6 Å². The number of benzene rings is 2. The van der Waals surface area contributed by atoms with Gasteiger partial charge in [-0.25, -0.2) is 0 Å². The van der Waals surface area contributed by atoms with Crippen molar-refractivity contribution in [2.45, 2.75) is 19.4 Å². The number of halogens is 1. The van der Waals surface area contributed by atoms with Crippen molar-refractivity contribution in [1.29, 1.82) is 0 Å². The highest BCUT2D eigenvalue weighted by Gasteiger charge is 2.31. The maximum atomic E-state index is 12.8. The largest absolute Gasteiger partial charge is 0.376 e. The second-order valence-electron chi connectivity index (χ2n) is 8.61. The van der Waals surface area contributed by atoms with E-state index >= 15 is 0 Å². The molecule has 0 radical (unpaired) electrons. The summed E-state index contributed by atoms with van der Waals surface area (Å²) >= 11 is 6.20. The molecule has 0 atom stereocenters. The van der Waals surface area contributed by atoms with Crippen LogP contribution in [0.4, 0.5) is 0 Å². The van der Waals surface area contributed by atoms with Crippen LogP contribution < -0.4 is 5.32 Å². The fourth-order valence-corrected chi connectivity index (χ4v) is 4.44. The van der Waals surface area contributed by atoms with Gasteiger partial charge in [0.1, 0.15) is 10.7 Å². The van der Waals surface area contributed by atoms with Crippen LogP contribution in [-0.4, -0.2) is 66.9 Å². The molecule has 6 nitrogen and oxygen atoms in total. The molecule has 2 aromatic carbocycles. The Balaban J connectivity index is 1.30. The predicted octanol–water partition coefficient (Wildman–Crippen LogP) is 3.52. The van der Waals surface area contributed by atoms with Crippen molar-refractivity contribution in [1.82, 2.24) is 15.1 Å². The van der Waals surface area contributed by atoms with Gasteiger partial charge in [0, 0.05) is 55.8 Å². The lowest BCUT2D eigenvalue weighted by molar-refractivity contribution is 0.0966. The Kier molecular flexibility index (Phi) is 7.38. The topological polar surface area (TPSA) is 69.7 Å². The third-order valence-corrected chi connectivity index (χ3v) is 6.64. The van der Waals surface area contributed by atoms with E-state index in [9.17, 15) is 14.4 Å². The molecule has 1 fully saturated rings. The first-order valence-electron chi connectivity index (χ1n) is 11.3. The van der Waals surface area contributed by atoms with E-state index in [1.54, 1.807) is 24.3 Å². The molecule has 1 aliphatic heterocycles. The second kappa shape index (κ2) is 10.4. The first kappa shape index (κ1) is 23.4. The summed E-state index contributed by atoms with van der Waals surface area (Å²) in [6.45, 7) is 5.56. The number of ketones is 3. The number of rotatable bonds is 8. The number of carbonyl (C=O) groups excluding carboxylic acids is 3. The Morgan fingerprint density at radius 3 is 2.24 bits per heavy atom. The number of fused-ring (bicyclic) bond motifs is 1. The Labute approximate surface area is 199 Å². The van der Waals surface area contributed by atoms with E-state index in [1.165, 1.54) is 0 Å². The Morgan fingerprint density at radius 1 is 0.939 bits per heavy atom. The quantitative estimate of drug-likeness (QED) is 0.601. The van der Waals surface area contributed by atoms with Gasteiger partial charge >= 0.3 is 0 Å². The summed E-state index contributed by atoms with van der Waals surface area (Å²) in [7, 11) is 2.14. The molecule has 33 heavy (non-hydrogen) atoms. The Hall–Kier alpha value is -2.80. The van der Waals surface area contributed by atoms with Crippen LogP contribution in [-0.2, 0) is 6.54 Å². The Morgan fingerprint density at radius 2 is 1.58 bits per heavy atom. The highest BCUT2D eigenvalue weighted by Crippen LogP contribution is 2.27. The van der Waals surface area contributed by atoms with Crippen molar-refractivity contribution in [3.8, 4) is 0 Å². The van der Waals surface area contributed by atoms with Crippen LogP contribution in [0.5, 0.6) is 0 Å². The van der Waals surface area contributed by atoms with Crippen LogP contribution in [0.15, 0.2) is 59.3 Å². The molecule has 0 spiro atoms. The molecule has 0 aromatic heterocycles. The van der Waals surface area contributed by atoms with Crippen LogP contribution in [0.1, 0.15) is 49.5 Å². The van der Waals surface area contributed by atoms with Crippen LogP contribution in [0, 0.1) is 0 Å². The molecule has 0 saturated carbocycles. The van der Waals surface area contributed by atoms with Crippen molar-refractivity contribution < 1.29 is 14.4 Å². The van der Waals surface area contributed by atoms with Gasteiger partial charge in [-0.1, -0.05) is 60.1 Å². The number of nitrogens with zero attached hydrogens (tertiary/aromatic N) is 2. The van der Waals surface area contributed by atoms with Gasteiger partial charge in [0.25, 0.3) is 0 Å². The molecule has 0 amide bonds. The first-order chi connectivity index (χ1) is 15.9. The van der Waals surface area contributed by atoms with E-state index in [-0.39, 0.29) is 28.1 Å². The molecule has 2 aromatic rings. The normalized spacial score (nSPS) is 17.3. The van der Waals surface area contributed by atoms with E-state index in [2.05, 4.69) is 22.2 Å². The number of piperazine rings is 1. The average molecular weight is 466 g/mol. The van der Waals surface area contributed by atoms with Crippen molar-refractivity contribution in [3.05, 3.63) is 81.5 Å². The zero-order valence-electron chi connectivity index (χ0n) is 18.8. The second-order valence-corrected chi connectivity index (χ2v) is 8.99. The summed E-state index contributed by atoms with van der Waals surface area (Å²) in [6, 6.07) is 14.0. The molecule has 4 rings (SSSR count). The van der Waals surface area contributed by atoms with E-state index in [0.717, 1.165) is 44.7 Å². The maximum Gasteiger partial charge on any atom is 0.211 e.